The van der Waals surface area contributed by atoms with E-state index in [0.29, 0.717) is 0 Å². The number of hydrogen-bond donors (Lipinski definition) is 0. The van der Waals surface area contributed by atoms with Gasteiger partial charge in [0.15, 0.2) is 0 Å². The van der Waals surface area contributed by atoms with Crippen molar-refractivity contribution in [3.8, 4) is 22.3 Å². The summed E-state index contributed by atoms with van der Waals surface area (Å²) in [5.41, 5.74) is 17.5. The Kier molecular flexibility index (Phi) is 7.14. The largest absolute Gasteiger partial charge is 0.456 e. The van der Waals surface area contributed by atoms with Crippen LogP contribution in [0.15, 0.2) is 223 Å². The molecule has 9 aromatic carbocycles. The number of para-hydroxylation sites is 5. The van der Waals surface area contributed by atoms with Crippen molar-refractivity contribution in [3.63, 3.8) is 0 Å². The average molecular weight is 741 g/mol. The van der Waals surface area contributed by atoms with Gasteiger partial charge in [-0.15, -0.1) is 0 Å². The summed E-state index contributed by atoms with van der Waals surface area (Å²) in [6.07, 6.45) is 0. The standard InChI is InChI=1S/C55H36N2O/c1-5-19-37(20-6-1)56(38-21-7-2-8-22-38)41-35-49-52(50(36-41)57(39-23-9-3-10-24-39)40-25-11-4-12-26-40)46-34-33-45-44-29-15-18-32-51(44)58-54(45)53(46)55(49)47-30-16-13-27-42(47)43-28-14-17-31-48(43)55/h1-36H. The first-order valence-corrected chi connectivity index (χ1v) is 19.9. The molecule has 0 saturated heterocycles. The van der Waals surface area contributed by atoms with Crippen LogP contribution in [0.4, 0.5) is 34.1 Å². The highest BCUT2D eigenvalue weighted by Gasteiger charge is 2.54. The minimum Gasteiger partial charge on any atom is -0.456 e. The summed E-state index contributed by atoms with van der Waals surface area (Å²) < 4.78 is 7.11. The second-order valence-electron chi connectivity index (χ2n) is 15.2. The van der Waals surface area contributed by atoms with Crippen LogP contribution in [-0.2, 0) is 5.41 Å². The molecule has 0 radical (unpaired) electrons. The van der Waals surface area contributed by atoms with Crippen LogP contribution in [0.25, 0.3) is 44.2 Å². The Morgan fingerprint density at radius 1 is 0.345 bits per heavy atom. The maximum absolute atomic E-state index is 7.11. The van der Waals surface area contributed by atoms with Gasteiger partial charge in [-0.25, -0.2) is 0 Å². The minimum atomic E-state index is -0.686. The lowest BCUT2D eigenvalue weighted by Gasteiger charge is -2.34. The van der Waals surface area contributed by atoms with Crippen LogP contribution in [0.3, 0.4) is 0 Å². The van der Waals surface area contributed by atoms with E-state index in [1.54, 1.807) is 0 Å². The Labute approximate surface area is 337 Å². The zero-order chi connectivity index (χ0) is 38.2. The summed E-state index contributed by atoms with van der Waals surface area (Å²) in [4.78, 5) is 4.84. The zero-order valence-electron chi connectivity index (χ0n) is 31.6. The average Bonchev–Trinajstić information content (AvgIpc) is 3.92. The van der Waals surface area contributed by atoms with E-state index in [0.717, 1.165) is 56.1 Å². The predicted octanol–water partition coefficient (Wildman–Crippen LogP) is 14.9. The molecule has 0 amide bonds. The first-order chi connectivity index (χ1) is 28.8. The summed E-state index contributed by atoms with van der Waals surface area (Å²) in [5.74, 6) is 0. The van der Waals surface area contributed by atoms with Crippen molar-refractivity contribution in [3.05, 3.63) is 241 Å². The lowest BCUT2D eigenvalue weighted by atomic mass is 9.70. The lowest BCUT2D eigenvalue weighted by Crippen LogP contribution is -2.26. The molecule has 3 nitrogen and oxygen atoms in total. The molecule has 1 heterocycles. The molecule has 2 aliphatic carbocycles. The first kappa shape index (κ1) is 32.6. The smallest absolute Gasteiger partial charge is 0.140 e. The van der Waals surface area contributed by atoms with Gasteiger partial charge in [0.1, 0.15) is 11.2 Å². The molecular formula is C55H36N2O. The molecule has 1 aromatic heterocycles. The molecule has 10 aromatic rings. The van der Waals surface area contributed by atoms with Crippen molar-refractivity contribution >= 4 is 56.1 Å². The van der Waals surface area contributed by atoms with Crippen molar-refractivity contribution < 1.29 is 4.42 Å². The fourth-order valence-electron chi connectivity index (χ4n) is 9.98. The molecule has 272 valence electrons. The third-order valence-corrected chi connectivity index (χ3v) is 12.2. The van der Waals surface area contributed by atoms with Crippen LogP contribution >= 0.6 is 0 Å². The number of anilines is 6. The van der Waals surface area contributed by atoms with Gasteiger partial charge in [0.2, 0.25) is 0 Å². The molecule has 0 fully saturated rings. The van der Waals surface area contributed by atoms with Gasteiger partial charge in [0.05, 0.1) is 11.1 Å². The minimum absolute atomic E-state index is 0.686. The Balaban J connectivity index is 1.30. The number of nitrogens with zero attached hydrogens (tertiary/aromatic N) is 2. The fourth-order valence-corrected chi connectivity index (χ4v) is 9.98. The third kappa shape index (κ3) is 4.56. The van der Waals surface area contributed by atoms with E-state index >= 15 is 0 Å². The van der Waals surface area contributed by atoms with E-state index in [1.165, 1.54) is 44.5 Å². The Morgan fingerprint density at radius 3 is 1.40 bits per heavy atom. The van der Waals surface area contributed by atoms with Crippen molar-refractivity contribution in [1.29, 1.82) is 0 Å². The maximum atomic E-state index is 7.11. The monoisotopic (exact) mass is 740 g/mol. The van der Waals surface area contributed by atoms with E-state index in [1.807, 2.05) is 0 Å². The van der Waals surface area contributed by atoms with Crippen molar-refractivity contribution in [2.45, 2.75) is 5.41 Å². The molecule has 3 heteroatoms. The zero-order valence-corrected chi connectivity index (χ0v) is 31.6. The highest BCUT2D eigenvalue weighted by atomic mass is 16.3. The number of rotatable bonds is 6. The molecule has 0 aliphatic heterocycles. The lowest BCUT2D eigenvalue weighted by molar-refractivity contribution is 0.652. The topological polar surface area (TPSA) is 19.6 Å². The normalized spacial score (nSPS) is 13.0. The molecule has 1 spiro atoms. The molecule has 0 bridgehead atoms. The van der Waals surface area contributed by atoms with Gasteiger partial charge >= 0.3 is 0 Å². The highest BCUT2D eigenvalue weighted by Crippen LogP contribution is 2.67. The van der Waals surface area contributed by atoms with Crippen LogP contribution in [0, 0.1) is 0 Å². The Hall–Kier alpha value is -7.62. The fraction of sp³-hybridized carbons (Fsp3) is 0.0182. The van der Waals surface area contributed by atoms with Gasteiger partial charge in [-0.1, -0.05) is 146 Å². The quantitative estimate of drug-likeness (QED) is 0.169. The van der Waals surface area contributed by atoms with Gasteiger partial charge in [-0.05, 0) is 106 Å². The second-order valence-corrected chi connectivity index (χ2v) is 15.2. The number of furan rings is 1. The summed E-state index contributed by atoms with van der Waals surface area (Å²) >= 11 is 0. The van der Waals surface area contributed by atoms with E-state index in [-0.39, 0.29) is 0 Å². The third-order valence-electron chi connectivity index (χ3n) is 12.2. The first-order valence-electron chi connectivity index (χ1n) is 19.9. The maximum Gasteiger partial charge on any atom is 0.140 e. The number of fused-ring (bicyclic) bond motifs is 14. The molecule has 58 heavy (non-hydrogen) atoms. The van der Waals surface area contributed by atoms with Gasteiger partial charge in [0, 0.05) is 50.3 Å². The molecule has 0 unspecified atom stereocenters. The molecule has 0 saturated carbocycles. The number of hydrogen-bond acceptors (Lipinski definition) is 3. The van der Waals surface area contributed by atoms with E-state index < -0.39 is 5.41 Å². The van der Waals surface area contributed by atoms with Crippen LogP contribution < -0.4 is 9.80 Å². The predicted molar refractivity (Wildman–Crippen MR) is 239 cm³/mol. The van der Waals surface area contributed by atoms with Gasteiger partial charge in [-0.2, -0.15) is 0 Å². The summed E-state index contributed by atoms with van der Waals surface area (Å²) in [7, 11) is 0. The van der Waals surface area contributed by atoms with Crippen LogP contribution in [0.2, 0.25) is 0 Å². The van der Waals surface area contributed by atoms with E-state index in [4.69, 9.17) is 4.42 Å². The van der Waals surface area contributed by atoms with Gasteiger partial charge in [-0.3, -0.25) is 0 Å². The van der Waals surface area contributed by atoms with E-state index in [9.17, 15) is 0 Å². The summed E-state index contributed by atoms with van der Waals surface area (Å²) in [5, 5.41) is 2.25. The van der Waals surface area contributed by atoms with Crippen molar-refractivity contribution in [1.82, 2.24) is 0 Å². The summed E-state index contributed by atoms with van der Waals surface area (Å²) in [6, 6.07) is 79.1. The Bertz CT molecular complexity index is 3050. The molecule has 12 rings (SSSR count). The van der Waals surface area contributed by atoms with Gasteiger partial charge < -0.3 is 14.2 Å². The number of benzene rings is 9. The second kappa shape index (κ2) is 12.7. The molecular weight excluding hydrogens is 705 g/mol. The molecule has 0 atom stereocenters. The van der Waals surface area contributed by atoms with E-state index in [2.05, 4.69) is 228 Å². The molecule has 2 aliphatic rings. The SMILES string of the molecule is c1ccc(N(c2ccccc2)c2cc(N(c3ccccc3)c3ccccc3)c3c(c2)C2(c4ccccc4-c4ccccc42)c2c-3ccc3c2oc2ccccc23)cc1. The highest BCUT2D eigenvalue weighted by molar-refractivity contribution is 6.13. The molecule has 0 N–H and O–H groups in total. The summed E-state index contributed by atoms with van der Waals surface area (Å²) in [6.45, 7) is 0. The Morgan fingerprint density at radius 2 is 0.828 bits per heavy atom. The van der Waals surface area contributed by atoms with Crippen molar-refractivity contribution in [2.24, 2.45) is 0 Å². The van der Waals surface area contributed by atoms with Gasteiger partial charge in [0.25, 0.3) is 0 Å². The van der Waals surface area contributed by atoms with Crippen LogP contribution in [0.1, 0.15) is 22.3 Å². The van der Waals surface area contributed by atoms with Crippen LogP contribution in [-0.4, -0.2) is 0 Å². The van der Waals surface area contributed by atoms with Crippen molar-refractivity contribution in [2.75, 3.05) is 9.80 Å². The van der Waals surface area contributed by atoms with Crippen LogP contribution in [0.5, 0.6) is 0 Å².